The van der Waals surface area contributed by atoms with Gasteiger partial charge in [-0.15, -0.1) is 0 Å². The van der Waals surface area contributed by atoms with Gasteiger partial charge in [-0.05, 0) is 13.3 Å². The summed E-state index contributed by atoms with van der Waals surface area (Å²) in [5.41, 5.74) is 6.55. The molecule has 0 amide bonds. The van der Waals surface area contributed by atoms with Gasteiger partial charge < -0.3 is 20.7 Å². The Bertz CT molecular complexity index is 713. The van der Waals surface area contributed by atoms with Gasteiger partial charge in [0.2, 0.25) is 0 Å². The molecule has 0 aliphatic carbocycles. The molecule has 1 aromatic heterocycles. The van der Waals surface area contributed by atoms with Crippen LogP contribution in [-0.2, 0) is 9.53 Å². The molecule has 0 bridgehead atoms. The number of nitrogen functional groups attached to an aromatic ring is 1. The predicted octanol–water partition coefficient (Wildman–Crippen LogP) is 0.629. The molecule has 2 heterocycles. The second-order valence-electron chi connectivity index (χ2n) is 6.34. The van der Waals surface area contributed by atoms with Crippen LogP contribution in [0.15, 0.2) is 16.6 Å². The normalized spacial score (nSPS) is 23.8. The highest BCUT2D eigenvalue weighted by molar-refractivity contribution is 5.82. The summed E-state index contributed by atoms with van der Waals surface area (Å²) >= 11 is 0. The van der Waals surface area contributed by atoms with Gasteiger partial charge in [-0.25, -0.2) is 4.79 Å². The van der Waals surface area contributed by atoms with E-state index in [0.29, 0.717) is 18.4 Å². The van der Waals surface area contributed by atoms with Crippen LogP contribution in [0.3, 0.4) is 0 Å². The number of hydrogen-bond acceptors (Lipinski definition) is 7. The summed E-state index contributed by atoms with van der Waals surface area (Å²) in [6.07, 6.45) is 2.74. The average molecular weight is 351 g/mol. The Morgan fingerprint density at radius 3 is 2.88 bits per heavy atom. The molecular weight excluding hydrogens is 326 g/mol. The number of hydrogen-bond donors (Lipinski definition) is 3. The third-order valence-corrected chi connectivity index (χ3v) is 4.11. The van der Waals surface area contributed by atoms with Gasteiger partial charge in [0.05, 0.1) is 12.7 Å². The Hall–Kier alpha value is -2.03. The van der Waals surface area contributed by atoms with E-state index in [1.165, 1.54) is 10.8 Å². The minimum Gasteiger partial charge on any atom is -0.394 e. The standard InChI is InChI=1S/C17H25N3O5/c1-3-4-12(22)6-10(2)5-11-8-20(17(24)19-16(11)18)15-7-13(23)14(9-21)25-15/h5,8,13-15,21,23H,3-4,6-7,9H2,1-2H3,(H2,18,19,24)/b10-5+/t13-,14+,15+/m0/s1. The molecule has 2 rings (SSSR count). The van der Waals surface area contributed by atoms with Crippen LogP contribution in [0.4, 0.5) is 5.82 Å². The maximum absolute atomic E-state index is 12.1. The van der Waals surface area contributed by atoms with Crippen molar-refractivity contribution >= 4 is 17.7 Å². The lowest BCUT2D eigenvalue weighted by Gasteiger charge is -2.15. The zero-order chi connectivity index (χ0) is 18.6. The monoisotopic (exact) mass is 351 g/mol. The van der Waals surface area contributed by atoms with Crippen LogP contribution in [0.2, 0.25) is 0 Å². The molecule has 0 saturated carbocycles. The molecule has 1 aromatic rings. The fraction of sp³-hybridized carbons (Fsp3) is 0.588. The van der Waals surface area contributed by atoms with Crippen LogP contribution in [0.25, 0.3) is 6.08 Å². The van der Waals surface area contributed by atoms with Gasteiger partial charge in [0.15, 0.2) is 0 Å². The van der Waals surface area contributed by atoms with Gasteiger partial charge in [-0.2, -0.15) is 4.98 Å². The molecule has 1 saturated heterocycles. The Labute approximate surface area is 145 Å². The Morgan fingerprint density at radius 1 is 1.56 bits per heavy atom. The molecule has 8 nitrogen and oxygen atoms in total. The van der Waals surface area contributed by atoms with E-state index in [4.69, 9.17) is 15.6 Å². The van der Waals surface area contributed by atoms with Crippen LogP contribution in [-0.4, -0.2) is 44.4 Å². The summed E-state index contributed by atoms with van der Waals surface area (Å²) in [5.74, 6) is 0.213. The quantitative estimate of drug-likeness (QED) is 0.657. The topological polar surface area (TPSA) is 128 Å². The van der Waals surface area contributed by atoms with Crippen LogP contribution >= 0.6 is 0 Å². The van der Waals surface area contributed by atoms with E-state index >= 15 is 0 Å². The number of carbonyl (C=O) groups is 1. The second-order valence-corrected chi connectivity index (χ2v) is 6.34. The number of aliphatic hydroxyl groups is 2. The number of ether oxygens (including phenoxy) is 1. The second kappa shape index (κ2) is 8.37. The van der Waals surface area contributed by atoms with E-state index in [0.717, 1.165) is 12.0 Å². The lowest BCUT2D eigenvalue weighted by molar-refractivity contribution is -0.118. The van der Waals surface area contributed by atoms with Crippen molar-refractivity contribution in [1.29, 1.82) is 0 Å². The van der Waals surface area contributed by atoms with E-state index in [1.807, 2.05) is 13.8 Å². The number of allylic oxidation sites excluding steroid dienone is 1. The molecule has 1 aliphatic heterocycles. The molecule has 0 spiro atoms. The van der Waals surface area contributed by atoms with Gasteiger partial charge in [-0.3, -0.25) is 9.36 Å². The number of rotatable bonds is 7. The van der Waals surface area contributed by atoms with Gasteiger partial charge >= 0.3 is 5.69 Å². The van der Waals surface area contributed by atoms with Crippen molar-refractivity contribution in [3.63, 3.8) is 0 Å². The number of anilines is 1. The molecule has 1 fully saturated rings. The van der Waals surface area contributed by atoms with Gasteiger partial charge in [0.25, 0.3) is 0 Å². The zero-order valence-electron chi connectivity index (χ0n) is 14.5. The SMILES string of the molecule is CCCC(=O)C/C(C)=C/c1cn([C@H]2C[C@H](O)[C@@H](CO)O2)c(=O)nc1N. The van der Waals surface area contributed by atoms with Crippen molar-refractivity contribution in [2.24, 2.45) is 0 Å². The fourth-order valence-corrected chi connectivity index (χ4v) is 2.86. The Morgan fingerprint density at radius 2 is 2.28 bits per heavy atom. The van der Waals surface area contributed by atoms with E-state index in [1.54, 1.807) is 6.08 Å². The van der Waals surface area contributed by atoms with Crippen molar-refractivity contribution in [3.05, 3.63) is 27.8 Å². The molecule has 0 unspecified atom stereocenters. The first kappa shape index (κ1) is 19.3. The van der Waals surface area contributed by atoms with E-state index < -0.39 is 24.1 Å². The molecule has 8 heteroatoms. The summed E-state index contributed by atoms with van der Waals surface area (Å²) < 4.78 is 6.75. The van der Waals surface area contributed by atoms with Crippen molar-refractivity contribution in [3.8, 4) is 0 Å². The van der Waals surface area contributed by atoms with E-state index in [9.17, 15) is 14.7 Å². The number of nitrogens with zero attached hydrogens (tertiary/aromatic N) is 2. The summed E-state index contributed by atoms with van der Waals surface area (Å²) in [6.45, 7) is 3.44. The van der Waals surface area contributed by atoms with E-state index in [2.05, 4.69) is 4.98 Å². The lowest BCUT2D eigenvalue weighted by atomic mass is 10.1. The Balaban J connectivity index is 2.26. The highest BCUT2D eigenvalue weighted by atomic mass is 16.5. The molecule has 1 aliphatic rings. The van der Waals surface area contributed by atoms with Crippen LogP contribution in [0.1, 0.15) is 51.3 Å². The molecule has 0 aromatic carbocycles. The molecule has 4 N–H and O–H groups in total. The summed E-state index contributed by atoms with van der Waals surface area (Å²) in [4.78, 5) is 27.6. The molecule has 25 heavy (non-hydrogen) atoms. The average Bonchev–Trinajstić information content (AvgIpc) is 2.90. The lowest BCUT2D eigenvalue weighted by Crippen LogP contribution is -2.28. The number of carbonyl (C=O) groups excluding carboxylic acids is 1. The van der Waals surface area contributed by atoms with Crippen molar-refractivity contribution in [1.82, 2.24) is 9.55 Å². The summed E-state index contributed by atoms with van der Waals surface area (Å²) in [7, 11) is 0. The van der Waals surface area contributed by atoms with E-state index in [-0.39, 0.29) is 24.6 Å². The summed E-state index contributed by atoms with van der Waals surface area (Å²) in [6, 6.07) is 0. The number of aliphatic hydroxyl groups excluding tert-OH is 2. The third-order valence-electron chi connectivity index (χ3n) is 4.11. The smallest absolute Gasteiger partial charge is 0.351 e. The number of nitrogens with two attached hydrogens (primary N) is 1. The third kappa shape index (κ3) is 4.75. The van der Waals surface area contributed by atoms with Crippen molar-refractivity contribution in [2.45, 2.75) is 58.0 Å². The summed E-state index contributed by atoms with van der Waals surface area (Å²) in [5, 5.41) is 19.0. The van der Waals surface area contributed by atoms with Gasteiger partial charge in [0.1, 0.15) is 23.9 Å². The van der Waals surface area contributed by atoms with Crippen molar-refractivity contribution < 1.29 is 19.7 Å². The van der Waals surface area contributed by atoms with Crippen LogP contribution in [0, 0.1) is 0 Å². The first-order valence-electron chi connectivity index (χ1n) is 8.37. The van der Waals surface area contributed by atoms with Gasteiger partial charge in [-0.1, -0.05) is 18.6 Å². The maximum Gasteiger partial charge on any atom is 0.351 e. The number of Topliss-reactive ketones (excluding diaryl/α,β-unsaturated/α-hetero) is 1. The van der Waals surface area contributed by atoms with Crippen LogP contribution in [0.5, 0.6) is 0 Å². The minimum absolute atomic E-state index is 0.0702. The highest BCUT2D eigenvalue weighted by Gasteiger charge is 2.35. The first-order chi connectivity index (χ1) is 11.8. The first-order valence-corrected chi connectivity index (χ1v) is 8.37. The number of ketones is 1. The van der Waals surface area contributed by atoms with Crippen molar-refractivity contribution in [2.75, 3.05) is 12.3 Å². The molecule has 3 atom stereocenters. The van der Waals surface area contributed by atoms with Crippen LogP contribution < -0.4 is 11.4 Å². The molecule has 0 radical (unpaired) electrons. The minimum atomic E-state index is -0.855. The Kier molecular flexibility index (Phi) is 6.46. The molecular formula is C17H25N3O5. The zero-order valence-corrected chi connectivity index (χ0v) is 14.5. The largest absolute Gasteiger partial charge is 0.394 e. The molecule has 138 valence electrons. The fourth-order valence-electron chi connectivity index (χ4n) is 2.86. The van der Waals surface area contributed by atoms with Gasteiger partial charge in [0, 0.05) is 31.0 Å². The predicted molar refractivity (Wildman–Crippen MR) is 92.7 cm³/mol. The maximum atomic E-state index is 12.1. The highest BCUT2D eigenvalue weighted by Crippen LogP contribution is 2.28. The number of aromatic nitrogens is 2.